The smallest absolute Gasteiger partial charge is 0.243 e. The predicted molar refractivity (Wildman–Crippen MR) is 69.8 cm³/mol. The maximum Gasteiger partial charge on any atom is 0.243 e. The maximum absolute atomic E-state index is 13.3. The Kier molecular flexibility index (Phi) is 3.11. The molecule has 1 N–H and O–H groups in total. The van der Waals surface area contributed by atoms with Crippen LogP contribution >= 0.6 is 0 Å². The number of aryl methyl sites for hydroxylation is 1. The number of nitrogens with one attached hydrogen (secondary N) is 1. The van der Waals surface area contributed by atoms with E-state index in [0.29, 0.717) is 24.6 Å². The van der Waals surface area contributed by atoms with E-state index in [9.17, 15) is 12.8 Å². The number of hydrogen-bond acceptors (Lipinski definition) is 3. The van der Waals surface area contributed by atoms with Gasteiger partial charge in [0.15, 0.2) is 0 Å². The summed E-state index contributed by atoms with van der Waals surface area (Å²) in [5, 5.41) is 3.22. The minimum atomic E-state index is -3.59. The third-order valence-electron chi connectivity index (χ3n) is 4.13. The second-order valence-corrected chi connectivity index (χ2v) is 7.16. The molecule has 0 saturated carbocycles. The van der Waals surface area contributed by atoms with Gasteiger partial charge in [-0.25, -0.2) is 12.8 Å². The van der Waals surface area contributed by atoms with Crippen LogP contribution in [0.2, 0.25) is 0 Å². The molecule has 0 bridgehead atoms. The van der Waals surface area contributed by atoms with Gasteiger partial charge in [0, 0.05) is 19.1 Å². The molecule has 0 radical (unpaired) electrons. The Morgan fingerprint density at radius 1 is 1.37 bits per heavy atom. The molecule has 19 heavy (non-hydrogen) atoms. The van der Waals surface area contributed by atoms with Gasteiger partial charge >= 0.3 is 0 Å². The summed E-state index contributed by atoms with van der Waals surface area (Å²) in [6.07, 6.45) is 0.880. The molecule has 2 aliphatic rings. The van der Waals surface area contributed by atoms with Gasteiger partial charge in [-0.15, -0.1) is 0 Å². The van der Waals surface area contributed by atoms with Crippen LogP contribution in [0.25, 0.3) is 0 Å². The Bertz CT molecular complexity index is 603. The van der Waals surface area contributed by atoms with Crippen LogP contribution in [0, 0.1) is 18.7 Å². The van der Waals surface area contributed by atoms with Gasteiger partial charge in [-0.05, 0) is 43.5 Å². The summed E-state index contributed by atoms with van der Waals surface area (Å²) in [6, 6.07) is 3.95. The highest BCUT2D eigenvalue weighted by molar-refractivity contribution is 7.89. The first kappa shape index (κ1) is 13.0. The molecule has 6 heteroatoms. The SMILES string of the molecule is Cc1ccc(F)cc1S(=O)(=O)N1CC[C@H]2CNC[C@H]21. The molecule has 0 unspecified atom stereocenters. The lowest BCUT2D eigenvalue weighted by molar-refractivity contribution is 0.382. The highest BCUT2D eigenvalue weighted by Gasteiger charge is 2.44. The molecule has 1 aromatic carbocycles. The van der Waals surface area contributed by atoms with E-state index in [1.165, 1.54) is 12.1 Å². The zero-order chi connectivity index (χ0) is 13.6. The lowest BCUT2D eigenvalue weighted by Gasteiger charge is -2.23. The van der Waals surface area contributed by atoms with E-state index in [-0.39, 0.29) is 10.9 Å². The molecule has 3 rings (SSSR count). The molecule has 2 heterocycles. The van der Waals surface area contributed by atoms with Crippen LogP contribution in [-0.4, -0.2) is 38.4 Å². The van der Waals surface area contributed by atoms with Crippen LogP contribution < -0.4 is 5.32 Å². The average molecular weight is 284 g/mol. The van der Waals surface area contributed by atoms with Crippen LogP contribution in [0.15, 0.2) is 23.1 Å². The van der Waals surface area contributed by atoms with Gasteiger partial charge in [0.05, 0.1) is 4.90 Å². The van der Waals surface area contributed by atoms with E-state index in [1.54, 1.807) is 11.2 Å². The fraction of sp³-hybridized carbons (Fsp3) is 0.538. The zero-order valence-corrected chi connectivity index (χ0v) is 11.6. The lowest BCUT2D eigenvalue weighted by atomic mass is 10.1. The van der Waals surface area contributed by atoms with E-state index in [4.69, 9.17) is 0 Å². The molecule has 2 atom stereocenters. The number of nitrogens with zero attached hydrogens (tertiary/aromatic N) is 1. The van der Waals surface area contributed by atoms with Crippen molar-refractivity contribution in [2.75, 3.05) is 19.6 Å². The molecule has 1 aromatic rings. The minimum Gasteiger partial charge on any atom is -0.315 e. The predicted octanol–water partition coefficient (Wildman–Crippen LogP) is 1.12. The molecule has 0 aromatic heterocycles. The molecule has 0 spiro atoms. The summed E-state index contributed by atoms with van der Waals surface area (Å²) in [7, 11) is -3.59. The summed E-state index contributed by atoms with van der Waals surface area (Å²) in [4.78, 5) is 0.0973. The fourth-order valence-electron chi connectivity index (χ4n) is 3.09. The van der Waals surface area contributed by atoms with E-state index < -0.39 is 15.8 Å². The molecule has 0 aliphatic carbocycles. The Balaban J connectivity index is 2.01. The van der Waals surface area contributed by atoms with Crippen LogP contribution in [0.5, 0.6) is 0 Å². The number of sulfonamides is 1. The van der Waals surface area contributed by atoms with Crippen molar-refractivity contribution in [3.63, 3.8) is 0 Å². The Morgan fingerprint density at radius 3 is 2.95 bits per heavy atom. The van der Waals surface area contributed by atoms with Gasteiger partial charge < -0.3 is 5.32 Å². The van der Waals surface area contributed by atoms with Gasteiger partial charge in [0.25, 0.3) is 0 Å². The van der Waals surface area contributed by atoms with E-state index >= 15 is 0 Å². The Labute approximate surface area is 112 Å². The van der Waals surface area contributed by atoms with Gasteiger partial charge in [-0.2, -0.15) is 4.31 Å². The largest absolute Gasteiger partial charge is 0.315 e. The summed E-state index contributed by atoms with van der Waals surface area (Å²) < 4.78 is 40.2. The number of fused-ring (bicyclic) bond motifs is 1. The average Bonchev–Trinajstić information content (AvgIpc) is 2.93. The van der Waals surface area contributed by atoms with Crippen LogP contribution in [0.4, 0.5) is 4.39 Å². The molecule has 0 amide bonds. The molecule has 4 nitrogen and oxygen atoms in total. The molecule has 2 fully saturated rings. The van der Waals surface area contributed by atoms with Crippen LogP contribution in [-0.2, 0) is 10.0 Å². The van der Waals surface area contributed by atoms with Gasteiger partial charge in [0.2, 0.25) is 10.0 Å². The van der Waals surface area contributed by atoms with Crippen molar-refractivity contribution < 1.29 is 12.8 Å². The minimum absolute atomic E-state index is 0.0210. The Morgan fingerprint density at radius 2 is 2.16 bits per heavy atom. The van der Waals surface area contributed by atoms with E-state index in [1.807, 2.05) is 0 Å². The first-order chi connectivity index (χ1) is 9.00. The second-order valence-electron chi connectivity index (χ2n) is 5.30. The standard InChI is InChI=1S/C13H17FN2O2S/c1-9-2-3-11(14)6-13(9)19(17,18)16-5-4-10-7-15-8-12(10)16/h2-3,6,10,12,15H,4-5,7-8H2,1H3/t10-,12+/m0/s1. The Hall–Kier alpha value is -0.980. The highest BCUT2D eigenvalue weighted by atomic mass is 32.2. The summed E-state index contributed by atoms with van der Waals surface area (Å²) in [6.45, 7) is 3.80. The van der Waals surface area contributed by atoms with Crippen molar-refractivity contribution in [3.8, 4) is 0 Å². The van der Waals surface area contributed by atoms with Gasteiger partial charge in [-0.1, -0.05) is 6.07 Å². The highest BCUT2D eigenvalue weighted by Crippen LogP contribution is 2.33. The fourth-order valence-corrected chi connectivity index (χ4v) is 5.02. The second kappa shape index (κ2) is 4.54. The first-order valence-electron chi connectivity index (χ1n) is 6.49. The molecular formula is C13H17FN2O2S. The van der Waals surface area contributed by atoms with Crippen molar-refractivity contribution >= 4 is 10.0 Å². The van der Waals surface area contributed by atoms with E-state index in [0.717, 1.165) is 19.0 Å². The van der Waals surface area contributed by atoms with Crippen LogP contribution in [0.1, 0.15) is 12.0 Å². The summed E-state index contributed by atoms with van der Waals surface area (Å²) in [5.74, 6) is -0.117. The quantitative estimate of drug-likeness (QED) is 0.885. The zero-order valence-electron chi connectivity index (χ0n) is 10.8. The van der Waals surface area contributed by atoms with Gasteiger partial charge in [0.1, 0.15) is 5.82 Å². The normalized spacial score (nSPS) is 27.7. The lowest BCUT2D eigenvalue weighted by Crippen LogP contribution is -2.39. The van der Waals surface area contributed by atoms with Crippen molar-refractivity contribution in [2.24, 2.45) is 5.92 Å². The number of rotatable bonds is 2. The monoisotopic (exact) mass is 284 g/mol. The summed E-state index contributed by atoms with van der Waals surface area (Å²) in [5.41, 5.74) is 0.593. The first-order valence-corrected chi connectivity index (χ1v) is 7.93. The topological polar surface area (TPSA) is 49.4 Å². The number of benzene rings is 1. The molecule has 2 saturated heterocycles. The van der Waals surface area contributed by atoms with E-state index in [2.05, 4.69) is 5.32 Å². The molecule has 2 aliphatic heterocycles. The van der Waals surface area contributed by atoms with Crippen molar-refractivity contribution in [1.82, 2.24) is 9.62 Å². The van der Waals surface area contributed by atoms with Crippen molar-refractivity contribution in [3.05, 3.63) is 29.6 Å². The third kappa shape index (κ3) is 2.07. The van der Waals surface area contributed by atoms with Crippen molar-refractivity contribution in [2.45, 2.75) is 24.3 Å². The summed E-state index contributed by atoms with van der Waals surface area (Å²) >= 11 is 0. The third-order valence-corrected chi connectivity index (χ3v) is 6.20. The number of hydrogen-bond donors (Lipinski definition) is 1. The van der Waals surface area contributed by atoms with Crippen LogP contribution in [0.3, 0.4) is 0 Å². The van der Waals surface area contributed by atoms with Crippen molar-refractivity contribution in [1.29, 1.82) is 0 Å². The molecular weight excluding hydrogens is 267 g/mol. The maximum atomic E-state index is 13.3. The molecule has 104 valence electrons. The number of halogens is 1. The van der Waals surface area contributed by atoms with Gasteiger partial charge in [-0.3, -0.25) is 0 Å².